The molecule has 1 N–H and O–H groups in total. The number of aliphatic imine (C=N–C) groups is 1. The van der Waals surface area contributed by atoms with Gasteiger partial charge in [-0.15, -0.1) is 0 Å². The van der Waals surface area contributed by atoms with Crippen LogP contribution >= 0.6 is 0 Å². The predicted octanol–water partition coefficient (Wildman–Crippen LogP) is 2.93. The molecule has 4 rings (SSSR count). The summed E-state index contributed by atoms with van der Waals surface area (Å²) in [5.74, 6) is -0.736. The minimum Gasteiger partial charge on any atom is -0.490 e. The van der Waals surface area contributed by atoms with Gasteiger partial charge in [0.1, 0.15) is 18.3 Å². The van der Waals surface area contributed by atoms with Crippen LogP contribution in [0.25, 0.3) is 0 Å². The molecule has 0 fully saturated rings. The monoisotopic (exact) mass is 417 g/mol. The summed E-state index contributed by atoms with van der Waals surface area (Å²) in [6, 6.07) is 18.9. The van der Waals surface area contributed by atoms with Crippen LogP contribution in [0.15, 0.2) is 65.7 Å². The number of carbonyl (C=O) groups excluding carboxylic acids is 2. The van der Waals surface area contributed by atoms with Crippen LogP contribution in [0.3, 0.4) is 0 Å². The summed E-state index contributed by atoms with van der Waals surface area (Å²) in [5.41, 5.74) is 2.73. The van der Waals surface area contributed by atoms with Gasteiger partial charge in [-0.2, -0.15) is 5.10 Å². The molecule has 1 aliphatic rings. The second-order valence-electron chi connectivity index (χ2n) is 7.34. The number of anilines is 2. The summed E-state index contributed by atoms with van der Waals surface area (Å²) in [6.45, 7) is 0.677. The van der Waals surface area contributed by atoms with Gasteiger partial charge < -0.3 is 14.5 Å². The second-order valence-corrected chi connectivity index (χ2v) is 7.34. The van der Waals surface area contributed by atoms with Crippen molar-refractivity contribution >= 4 is 29.4 Å². The zero-order valence-electron chi connectivity index (χ0n) is 17.4. The highest BCUT2D eigenvalue weighted by molar-refractivity contribution is 6.07. The van der Waals surface area contributed by atoms with Crippen molar-refractivity contribution in [3.05, 3.63) is 72.1 Å². The third-order valence-electron chi connectivity index (χ3n) is 5.12. The molecule has 0 saturated heterocycles. The number of rotatable bonds is 5. The van der Waals surface area contributed by atoms with Crippen molar-refractivity contribution < 1.29 is 14.3 Å². The Morgan fingerprint density at radius 1 is 1.26 bits per heavy atom. The molecule has 1 aliphatic heterocycles. The lowest BCUT2D eigenvalue weighted by atomic mass is 10.1. The van der Waals surface area contributed by atoms with Gasteiger partial charge >= 0.3 is 0 Å². The van der Waals surface area contributed by atoms with E-state index in [-0.39, 0.29) is 18.2 Å². The fourth-order valence-corrected chi connectivity index (χ4v) is 3.39. The summed E-state index contributed by atoms with van der Waals surface area (Å²) in [4.78, 5) is 32.8. The molecular weight excluding hydrogens is 394 g/mol. The fraction of sp³-hybridized carbons (Fsp3) is 0.217. The second kappa shape index (κ2) is 8.83. The van der Waals surface area contributed by atoms with E-state index in [1.807, 2.05) is 66.5 Å². The van der Waals surface area contributed by atoms with E-state index >= 15 is 0 Å². The number of aromatic amines is 1. The number of para-hydroxylation sites is 3. The van der Waals surface area contributed by atoms with E-state index in [0.29, 0.717) is 18.0 Å². The number of nitrogens with zero attached hydrogens (tertiary/aromatic N) is 4. The maximum absolute atomic E-state index is 12.7. The van der Waals surface area contributed by atoms with E-state index in [1.165, 1.54) is 11.1 Å². The molecule has 0 bridgehead atoms. The Morgan fingerprint density at radius 2 is 2.00 bits per heavy atom. The van der Waals surface area contributed by atoms with E-state index in [2.05, 4.69) is 15.2 Å². The van der Waals surface area contributed by atoms with E-state index in [9.17, 15) is 9.59 Å². The SMILES string of the molecule is CN(Cc1cc(C(=O)N=CC2COc3ccccc3N(C)C2=O)n[nH]1)c1ccccc1. The molecule has 8 nitrogen and oxygen atoms in total. The molecule has 31 heavy (non-hydrogen) atoms. The standard InChI is InChI=1S/C23H23N5O3/c1-27(18-8-4-3-5-9-18)14-17-12-19(26-25-17)22(29)24-13-16-15-31-21-11-7-6-10-20(21)28(2)23(16)30/h3-13,16H,14-15H2,1-2H3,(H,25,26). The zero-order chi connectivity index (χ0) is 21.8. The lowest BCUT2D eigenvalue weighted by molar-refractivity contribution is -0.120. The van der Waals surface area contributed by atoms with Crippen molar-refractivity contribution in [3.63, 3.8) is 0 Å². The smallest absolute Gasteiger partial charge is 0.297 e. The number of aromatic nitrogens is 2. The Labute approximate surface area is 180 Å². The van der Waals surface area contributed by atoms with Gasteiger partial charge in [0, 0.05) is 26.0 Å². The van der Waals surface area contributed by atoms with Crippen LogP contribution in [-0.2, 0) is 11.3 Å². The van der Waals surface area contributed by atoms with Crippen molar-refractivity contribution in [2.24, 2.45) is 10.9 Å². The molecule has 0 saturated carbocycles. The minimum atomic E-state index is -0.663. The van der Waals surface area contributed by atoms with E-state index in [1.54, 1.807) is 13.1 Å². The summed E-state index contributed by atoms with van der Waals surface area (Å²) in [5, 5.41) is 6.95. The summed E-state index contributed by atoms with van der Waals surface area (Å²) < 4.78 is 5.74. The van der Waals surface area contributed by atoms with Gasteiger partial charge in [0.2, 0.25) is 5.91 Å². The zero-order valence-corrected chi connectivity index (χ0v) is 17.4. The van der Waals surface area contributed by atoms with Gasteiger partial charge in [-0.3, -0.25) is 14.7 Å². The summed E-state index contributed by atoms with van der Waals surface area (Å²) in [6.07, 6.45) is 1.34. The normalized spacial score (nSPS) is 16.0. The van der Waals surface area contributed by atoms with Crippen LogP contribution in [0.4, 0.5) is 11.4 Å². The van der Waals surface area contributed by atoms with E-state index in [4.69, 9.17) is 4.74 Å². The van der Waals surface area contributed by atoms with Gasteiger partial charge in [0.05, 0.1) is 17.9 Å². The highest BCUT2D eigenvalue weighted by Gasteiger charge is 2.28. The van der Waals surface area contributed by atoms with Crippen LogP contribution in [-0.4, -0.2) is 48.9 Å². The third-order valence-corrected chi connectivity index (χ3v) is 5.12. The number of amides is 2. The van der Waals surface area contributed by atoms with Gasteiger partial charge in [0.15, 0.2) is 5.69 Å². The summed E-state index contributed by atoms with van der Waals surface area (Å²) in [7, 11) is 3.64. The first-order chi connectivity index (χ1) is 15.0. The molecule has 3 aromatic rings. The number of nitrogens with one attached hydrogen (secondary N) is 1. The molecule has 0 radical (unpaired) electrons. The Kier molecular flexibility index (Phi) is 5.79. The van der Waals surface area contributed by atoms with Crippen molar-refractivity contribution in [2.45, 2.75) is 6.54 Å². The van der Waals surface area contributed by atoms with Crippen molar-refractivity contribution in [2.75, 3.05) is 30.5 Å². The predicted molar refractivity (Wildman–Crippen MR) is 119 cm³/mol. The Morgan fingerprint density at radius 3 is 2.81 bits per heavy atom. The lowest BCUT2D eigenvalue weighted by Crippen LogP contribution is -2.34. The fourth-order valence-electron chi connectivity index (χ4n) is 3.39. The van der Waals surface area contributed by atoms with Crippen LogP contribution in [0, 0.1) is 5.92 Å². The van der Waals surface area contributed by atoms with Gasteiger partial charge in [-0.05, 0) is 30.3 Å². The lowest BCUT2D eigenvalue weighted by Gasteiger charge is -2.17. The molecular formula is C23H23N5O3. The quantitative estimate of drug-likeness (QED) is 0.645. The topological polar surface area (TPSA) is 90.9 Å². The Bertz CT molecular complexity index is 1110. The third kappa shape index (κ3) is 4.48. The molecule has 8 heteroatoms. The minimum absolute atomic E-state index is 0.116. The number of fused-ring (bicyclic) bond motifs is 1. The Balaban J connectivity index is 1.41. The number of hydrogen-bond acceptors (Lipinski definition) is 5. The summed E-state index contributed by atoms with van der Waals surface area (Å²) >= 11 is 0. The number of H-pyrrole nitrogens is 1. The molecule has 158 valence electrons. The van der Waals surface area contributed by atoms with Crippen LogP contribution < -0.4 is 14.5 Å². The number of ether oxygens (including phenoxy) is 1. The first-order valence-corrected chi connectivity index (χ1v) is 9.91. The van der Waals surface area contributed by atoms with Crippen molar-refractivity contribution in [1.82, 2.24) is 10.2 Å². The Hall–Kier alpha value is -3.94. The van der Waals surface area contributed by atoms with Crippen LogP contribution in [0.1, 0.15) is 16.2 Å². The molecule has 2 amide bonds. The number of hydrogen-bond donors (Lipinski definition) is 1. The molecule has 2 aromatic carbocycles. The molecule has 1 aromatic heterocycles. The van der Waals surface area contributed by atoms with Gasteiger partial charge in [-0.25, -0.2) is 4.99 Å². The largest absolute Gasteiger partial charge is 0.490 e. The van der Waals surface area contributed by atoms with Gasteiger partial charge in [-0.1, -0.05) is 30.3 Å². The molecule has 0 aliphatic carbocycles. The average molecular weight is 417 g/mol. The highest BCUT2D eigenvalue weighted by Crippen LogP contribution is 2.30. The number of benzene rings is 2. The molecule has 0 spiro atoms. The molecule has 2 heterocycles. The van der Waals surface area contributed by atoms with E-state index in [0.717, 1.165) is 11.4 Å². The first-order valence-electron chi connectivity index (χ1n) is 9.91. The number of carbonyl (C=O) groups is 2. The van der Waals surface area contributed by atoms with Crippen molar-refractivity contribution in [3.8, 4) is 5.75 Å². The highest BCUT2D eigenvalue weighted by atomic mass is 16.5. The average Bonchev–Trinajstić information content (AvgIpc) is 3.23. The first kappa shape index (κ1) is 20.3. The maximum Gasteiger partial charge on any atom is 0.297 e. The molecule has 1 atom stereocenters. The molecule has 1 unspecified atom stereocenters. The van der Waals surface area contributed by atoms with Crippen LogP contribution in [0.2, 0.25) is 0 Å². The maximum atomic E-state index is 12.7. The van der Waals surface area contributed by atoms with Crippen LogP contribution in [0.5, 0.6) is 5.75 Å². The van der Waals surface area contributed by atoms with E-state index < -0.39 is 11.8 Å². The van der Waals surface area contributed by atoms with Crippen molar-refractivity contribution in [1.29, 1.82) is 0 Å². The van der Waals surface area contributed by atoms with Gasteiger partial charge in [0.25, 0.3) is 5.91 Å².